The van der Waals surface area contributed by atoms with Gasteiger partial charge in [0.15, 0.2) is 0 Å². The normalized spacial score (nSPS) is 10.8. The van der Waals surface area contributed by atoms with E-state index in [1.807, 2.05) is 11.6 Å². The van der Waals surface area contributed by atoms with Gasteiger partial charge in [-0.25, -0.2) is 4.68 Å². The van der Waals surface area contributed by atoms with E-state index in [9.17, 15) is 0 Å². The molecule has 0 amide bonds. The highest BCUT2D eigenvalue weighted by Gasteiger charge is 2.10. The van der Waals surface area contributed by atoms with E-state index in [-0.39, 0.29) is 0 Å². The Labute approximate surface area is 111 Å². The molecule has 2 heterocycles. The summed E-state index contributed by atoms with van der Waals surface area (Å²) in [6.07, 6.45) is 0. The molecule has 0 unspecified atom stereocenters. The largest absolute Gasteiger partial charge is 0.232 e. The first kappa shape index (κ1) is 11.2. The third-order valence-corrected chi connectivity index (χ3v) is 3.74. The molecule has 18 heavy (non-hydrogen) atoms. The monoisotopic (exact) mass is 254 g/mol. The predicted molar refractivity (Wildman–Crippen MR) is 76.4 cm³/mol. The van der Waals surface area contributed by atoms with Crippen molar-refractivity contribution in [3.63, 3.8) is 0 Å². The third kappa shape index (κ3) is 1.97. The van der Waals surface area contributed by atoms with Crippen LogP contribution >= 0.6 is 11.3 Å². The highest BCUT2D eigenvalue weighted by Crippen LogP contribution is 2.27. The van der Waals surface area contributed by atoms with Crippen LogP contribution in [0.4, 0.5) is 0 Å². The zero-order valence-corrected chi connectivity index (χ0v) is 11.2. The second-order valence-electron chi connectivity index (χ2n) is 4.40. The van der Waals surface area contributed by atoms with E-state index < -0.39 is 0 Å². The van der Waals surface area contributed by atoms with Gasteiger partial charge in [-0.15, -0.1) is 11.3 Å². The minimum absolute atomic E-state index is 1.04. The zero-order chi connectivity index (χ0) is 12.5. The number of hydrogen-bond donors (Lipinski definition) is 0. The fraction of sp³-hybridized carbons (Fsp3) is 0.133. The average Bonchev–Trinajstić information content (AvgIpc) is 2.97. The Morgan fingerprint density at radius 2 is 1.94 bits per heavy atom. The quantitative estimate of drug-likeness (QED) is 0.669. The van der Waals surface area contributed by atoms with E-state index in [1.54, 1.807) is 11.3 Å². The topological polar surface area (TPSA) is 17.8 Å². The van der Waals surface area contributed by atoms with Gasteiger partial charge in [-0.1, -0.05) is 18.2 Å². The molecule has 3 aromatic rings. The van der Waals surface area contributed by atoms with Crippen molar-refractivity contribution >= 4 is 11.3 Å². The molecule has 90 valence electrons. The molecule has 0 aliphatic carbocycles. The molecule has 0 aliphatic heterocycles. The van der Waals surface area contributed by atoms with E-state index in [4.69, 9.17) is 0 Å². The van der Waals surface area contributed by atoms with Gasteiger partial charge < -0.3 is 0 Å². The molecule has 1 aromatic carbocycles. The summed E-state index contributed by atoms with van der Waals surface area (Å²) in [5, 5.41) is 6.70. The summed E-state index contributed by atoms with van der Waals surface area (Å²) in [6, 6.07) is 14.8. The van der Waals surface area contributed by atoms with Gasteiger partial charge in [0, 0.05) is 0 Å². The lowest BCUT2D eigenvalue weighted by atomic mass is 10.2. The first-order chi connectivity index (χ1) is 8.74. The van der Waals surface area contributed by atoms with Crippen LogP contribution in [0.5, 0.6) is 0 Å². The molecule has 3 rings (SSSR count). The highest BCUT2D eigenvalue weighted by atomic mass is 32.1. The van der Waals surface area contributed by atoms with Crippen LogP contribution in [0.1, 0.15) is 11.3 Å². The molecule has 0 aliphatic rings. The Balaban J connectivity index is 2.18. The molecule has 0 atom stereocenters. The van der Waals surface area contributed by atoms with Crippen molar-refractivity contribution in [1.29, 1.82) is 0 Å². The fourth-order valence-electron chi connectivity index (χ4n) is 2.06. The van der Waals surface area contributed by atoms with Gasteiger partial charge in [0.05, 0.1) is 22.0 Å². The van der Waals surface area contributed by atoms with Gasteiger partial charge in [0.1, 0.15) is 0 Å². The third-order valence-electron chi connectivity index (χ3n) is 2.85. The van der Waals surface area contributed by atoms with Gasteiger partial charge in [-0.05, 0) is 49.1 Å². The van der Waals surface area contributed by atoms with Crippen LogP contribution in [-0.4, -0.2) is 9.78 Å². The lowest BCUT2D eigenvalue weighted by Crippen LogP contribution is -1.98. The Morgan fingerprint density at radius 3 is 2.67 bits per heavy atom. The van der Waals surface area contributed by atoms with Gasteiger partial charge in [-0.2, -0.15) is 5.10 Å². The first-order valence-corrected chi connectivity index (χ1v) is 6.79. The molecular formula is C15H14N2S. The van der Waals surface area contributed by atoms with Gasteiger partial charge >= 0.3 is 0 Å². The lowest BCUT2D eigenvalue weighted by molar-refractivity contribution is 0.869. The summed E-state index contributed by atoms with van der Waals surface area (Å²) in [7, 11) is 0. The molecule has 0 fully saturated rings. The molecule has 2 nitrogen and oxygen atoms in total. The summed E-state index contributed by atoms with van der Waals surface area (Å²) in [5.74, 6) is 0. The summed E-state index contributed by atoms with van der Waals surface area (Å²) < 4.78 is 2.02. The predicted octanol–water partition coefficient (Wildman–Crippen LogP) is 4.22. The van der Waals surface area contributed by atoms with Gasteiger partial charge in [-0.3, -0.25) is 0 Å². The molecule has 0 saturated heterocycles. The Bertz CT molecular complexity index is 666. The van der Waals surface area contributed by atoms with Crippen LogP contribution in [0.3, 0.4) is 0 Å². The number of thiophene rings is 1. The van der Waals surface area contributed by atoms with Gasteiger partial charge in [0.25, 0.3) is 0 Å². The van der Waals surface area contributed by atoms with Crippen molar-refractivity contribution in [2.75, 3.05) is 0 Å². The number of nitrogens with zero attached hydrogens (tertiary/aromatic N) is 2. The molecule has 2 aromatic heterocycles. The summed E-state index contributed by atoms with van der Waals surface area (Å²) in [5.41, 5.74) is 4.57. The van der Waals surface area contributed by atoms with Crippen molar-refractivity contribution < 1.29 is 0 Å². The van der Waals surface area contributed by atoms with Crippen LogP contribution in [0.2, 0.25) is 0 Å². The van der Waals surface area contributed by atoms with Crippen LogP contribution in [0.15, 0.2) is 47.8 Å². The maximum atomic E-state index is 4.60. The zero-order valence-electron chi connectivity index (χ0n) is 10.4. The van der Waals surface area contributed by atoms with E-state index >= 15 is 0 Å². The van der Waals surface area contributed by atoms with Crippen molar-refractivity contribution in [2.24, 2.45) is 0 Å². The van der Waals surface area contributed by atoms with E-state index in [0.717, 1.165) is 17.1 Å². The number of aromatic nitrogens is 2. The molecule has 0 N–H and O–H groups in total. The summed E-state index contributed by atoms with van der Waals surface area (Å²) in [4.78, 5) is 1.25. The van der Waals surface area contributed by atoms with E-state index in [1.165, 1.54) is 10.4 Å². The van der Waals surface area contributed by atoms with E-state index in [2.05, 4.69) is 59.9 Å². The van der Waals surface area contributed by atoms with Crippen LogP contribution in [-0.2, 0) is 0 Å². The van der Waals surface area contributed by atoms with Crippen molar-refractivity contribution in [1.82, 2.24) is 9.78 Å². The van der Waals surface area contributed by atoms with Crippen molar-refractivity contribution in [3.05, 3.63) is 59.1 Å². The average molecular weight is 254 g/mol. The van der Waals surface area contributed by atoms with Crippen LogP contribution in [0.25, 0.3) is 16.3 Å². The fourth-order valence-corrected chi connectivity index (χ4v) is 2.78. The summed E-state index contributed by atoms with van der Waals surface area (Å²) in [6.45, 7) is 4.13. The van der Waals surface area contributed by atoms with Crippen molar-refractivity contribution in [3.8, 4) is 16.3 Å². The second-order valence-corrected chi connectivity index (χ2v) is 5.35. The maximum absolute atomic E-state index is 4.60. The molecule has 0 radical (unpaired) electrons. The Kier molecular flexibility index (Phi) is 2.76. The number of aryl methyl sites for hydroxylation is 2. The molecule has 0 spiro atoms. The minimum atomic E-state index is 1.04. The first-order valence-electron chi connectivity index (χ1n) is 5.91. The van der Waals surface area contributed by atoms with E-state index in [0.29, 0.717) is 0 Å². The van der Waals surface area contributed by atoms with Gasteiger partial charge in [0.2, 0.25) is 0 Å². The van der Waals surface area contributed by atoms with Crippen LogP contribution < -0.4 is 0 Å². The number of rotatable bonds is 2. The molecule has 0 saturated carbocycles. The standard InChI is InChI=1S/C15H14N2S/c1-11-5-3-6-13(9-11)17-14(10-12(2)16-17)15-7-4-8-18-15/h3-10H,1-2H3. The maximum Gasteiger partial charge on any atom is 0.0843 e. The molecular weight excluding hydrogens is 240 g/mol. The Morgan fingerprint density at radius 1 is 1.06 bits per heavy atom. The number of benzene rings is 1. The molecule has 0 bridgehead atoms. The second kappa shape index (κ2) is 4.42. The van der Waals surface area contributed by atoms with Crippen LogP contribution in [0, 0.1) is 13.8 Å². The highest BCUT2D eigenvalue weighted by molar-refractivity contribution is 7.13. The Hall–Kier alpha value is -1.87. The lowest BCUT2D eigenvalue weighted by Gasteiger charge is -2.06. The number of hydrogen-bond acceptors (Lipinski definition) is 2. The molecule has 3 heteroatoms. The minimum Gasteiger partial charge on any atom is -0.232 e. The van der Waals surface area contributed by atoms with Crippen molar-refractivity contribution in [2.45, 2.75) is 13.8 Å². The smallest absolute Gasteiger partial charge is 0.0843 e. The summed E-state index contributed by atoms with van der Waals surface area (Å²) >= 11 is 1.74. The SMILES string of the molecule is Cc1cccc(-n2nc(C)cc2-c2cccs2)c1.